The van der Waals surface area contributed by atoms with E-state index < -0.39 is 38.2 Å². The van der Waals surface area contributed by atoms with Crippen LogP contribution in [0.3, 0.4) is 0 Å². The van der Waals surface area contributed by atoms with Crippen LogP contribution in [0.15, 0.2) is 94.7 Å². The number of rotatable bonds is 7. The van der Waals surface area contributed by atoms with E-state index in [-0.39, 0.29) is 16.2 Å². The van der Waals surface area contributed by atoms with Gasteiger partial charge in [0.25, 0.3) is 20.0 Å². The predicted molar refractivity (Wildman–Crippen MR) is 118 cm³/mol. The minimum Gasteiger partial charge on any atom is -0.449 e. The van der Waals surface area contributed by atoms with Crippen LogP contribution < -0.4 is 0 Å². The Morgan fingerprint density at radius 1 is 0.750 bits per heavy atom. The van der Waals surface area contributed by atoms with Crippen molar-refractivity contribution < 1.29 is 26.4 Å². The van der Waals surface area contributed by atoms with Gasteiger partial charge in [-0.1, -0.05) is 65.2 Å². The summed E-state index contributed by atoms with van der Waals surface area (Å²) in [5.41, 5.74) is -0.690. The van der Waals surface area contributed by atoms with Gasteiger partial charge in [0.05, 0.1) is 21.9 Å². The highest BCUT2D eigenvalue weighted by molar-refractivity contribution is 8.04. The number of esters is 1. The third-order valence-electron chi connectivity index (χ3n) is 5.50. The van der Waals surface area contributed by atoms with Gasteiger partial charge in [-0.25, -0.2) is 21.6 Å². The van der Waals surface area contributed by atoms with Gasteiger partial charge in [-0.2, -0.15) is 0 Å². The summed E-state index contributed by atoms with van der Waals surface area (Å²) in [7, 11) is -9.02. The molecule has 1 aliphatic rings. The van der Waals surface area contributed by atoms with E-state index >= 15 is 0 Å². The number of sulfonamides is 2. The fraction of sp³-hybridized carbons (Fsp3) is 0.174. The number of carbonyl (C=O) groups excluding carboxylic acids is 1. The first-order valence-electron chi connectivity index (χ1n) is 9.93. The Balaban J connectivity index is 1.91. The van der Waals surface area contributed by atoms with Crippen LogP contribution in [-0.4, -0.2) is 33.1 Å². The van der Waals surface area contributed by atoms with Gasteiger partial charge in [0.2, 0.25) is 0 Å². The maximum Gasteiger partial charge on any atom is 0.339 e. The number of hydrogen-bond acceptors (Lipinski definition) is 6. The van der Waals surface area contributed by atoms with Gasteiger partial charge >= 0.3 is 5.97 Å². The van der Waals surface area contributed by atoms with Crippen LogP contribution in [0.2, 0.25) is 0 Å². The number of nitrogens with zero attached hydrogens (tertiary/aromatic N) is 1. The van der Waals surface area contributed by atoms with Crippen LogP contribution >= 0.6 is 0 Å². The van der Waals surface area contributed by atoms with Crippen molar-refractivity contribution in [3.63, 3.8) is 0 Å². The first-order chi connectivity index (χ1) is 15.2. The number of carbonyl (C=O) groups is 1. The summed E-state index contributed by atoms with van der Waals surface area (Å²) in [6.07, 6.45) is 0.181. The minimum absolute atomic E-state index is 0.177. The minimum atomic E-state index is -4.51. The highest BCUT2D eigenvalue weighted by atomic mass is 32.3. The summed E-state index contributed by atoms with van der Waals surface area (Å²) in [6, 6.07) is 21.3. The Morgan fingerprint density at radius 2 is 1.22 bits per heavy atom. The summed E-state index contributed by atoms with van der Waals surface area (Å²) >= 11 is 0. The van der Waals surface area contributed by atoms with Crippen LogP contribution in [0.1, 0.15) is 29.3 Å². The van der Waals surface area contributed by atoms with Gasteiger partial charge in [0, 0.05) is 5.56 Å². The third-order valence-corrected chi connectivity index (χ3v) is 9.74. The maximum atomic E-state index is 13.6. The molecular formula is C23H21NO6S2. The lowest BCUT2D eigenvalue weighted by atomic mass is 9.90. The lowest BCUT2D eigenvalue weighted by Crippen LogP contribution is -2.46. The molecule has 3 aromatic rings. The molecule has 1 atom stereocenters. The molecule has 4 rings (SSSR count). The van der Waals surface area contributed by atoms with Crippen LogP contribution in [0.5, 0.6) is 0 Å². The molecule has 0 N–H and O–H groups in total. The zero-order valence-electron chi connectivity index (χ0n) is 17.2. The van der Waals surface area contributed by atoms with E-state index in [4.69, 9.17) is 4.74 Å². The fourth-order valence-electron chi connectivity index (χ4n) is 3.77. The molecule has 0 aromatic heterocycles. The molecule has 0 amide bonds. The van der Waals surface area contributed by atoms with E-state index in [1.165, 1.54) is 48.5 Å². The van der Waals surface area contributed by atoms with Crippen LogP contribution in [0, 0.1) is 0 Å². The third kappa shape index (κ3) is 3.62. The molecular weight excluding hydrogens is 450 g/mol. The smallest absolute Gasteiger partial charge is 0.339 e. The standard InChI is InChI=1S/C23H21NO6S2/c1-2-23(21-16-10-9-15-20(21)22(25)30-23)17-24(31(26,27)18-11-5-3-6-12-18)32(28,29)19-13-7-4-8-14-19/h3-16H,2,17H2,1H3. The van der Waals surface area contributed by atoms with E-state index in [0.29, 0.717) is 14.8 Å². The number of benzene rings is 3. The number of fused-ring (bicyclic) bond motifs is 1. The average molecular weight is 472 g/mol. The molecule has 1 aliphatic heterocycles. The molecule has 1 heterocycles. The van der Waals surface area contributed by atoms with E-state index in [2.05, 4.69) is 0 Å². The Hall–Kier alpha value is -3.01. The second kappa shape index (κ2) is 8.16. The van der Waals surface area contributed by atoms with Gasteiger partial charge in [0.15, 0.2) is 5.60 Å². The van der Waals surface area contributed by atoms with Crippen molar-refractivity contribution in [2.24, 2.45) is 0 Å². The Labute approximate surface area is 187 Å². The number of cyclic esters (lactones) is 1. The first-order valence-corrected chi connectivity index (χ1v) is 12.8. The SMILES string of the molecule is CCC1(CN(S(=O)(=O)c2ccccc2)S(=O)(=O)c2ccccc2)OC(=O)c2ccccc21. The summed E-state index contributed by atoms with van der Waals surface area (Å²) in [4.78, 5) is 12.2. The van der Waals surface area contributed by atoms with Crippen molar-refractivity contribution in [1.82, 2.24) is 3.71 Å². The topological polar surface area (TPSA) is 97.8 Å². The molecule has 0 spiro atoms. The summed E-state index contributed by atoms with van der Waals surface area (Å²) in [6.45, 7) is 1.14. The van der Waals surface area contributed by atoms with E-state index in [0.717, 1.165) is 0 Å². The maximum absolute atomic E-state index is 13.6. The van der Waals surface area contributed by atoms with Crippen molar-refractivity contribution in [2.75, 3.05) is 6.54 Å². The summed E-state index contributed by atoms with van der Waals surface area (Å²) < 4.78 is 60.5. The molecule has 0 radical (unpaired) electrons. The van der Waals surface area contributed by atoms with Crippen molar-refractivity contribution >= 4 is 26.0 Å². The van der Waals surface area contributed by atoms with E-state index in [1.54, 1.807) is 43.3 Å². The lowest BCUT2D eigenvalue weighted by molar-refractivity contribution is -0.0134. The summed E-state index contributed by atoms with van der Waals surface area (Å²) in [5.74, 6) is -0.614. The van der Waals surface area contributed by atoms with E-state index in [1.807, 2.05) is 0 Å². The fourth-order valence-corrected chi connectivity index (χ4v) is 7.54. The highest BCUT2D eigenvalue weighted by Crippen LogP contribution is 2.41. The second-order valence-corrected chi connectivity index (χ2v) is 11.3. The Bertz CT molecular complexity index is 1290. The Kier molecular flexibility index (Phi) is 5.66. The van der Waals surface area contributed by atoms with Gasteiger partial charge in [-0.05, 0) is 36.8 Å². The van der Waals surface area contributed by atoms with Crippen molar-refractivity contribution in [3.8, 4) is 0 Å². The number of hydrogen-bond donors (Lipinski definition) is 0. The van der Waals surface area contributed by atoms with Crippen molar-refractivity contribution in [2.45, 2.75) is 28.7 Å². The Morgan fingerprint density at radius 3 is 1.72 bits per heavy atom. The lowest BCUT2D eigenvalue weighted by Gasteiger charge is -2.33. The van der Waals surface area contributed by atoms with Crippen molar-refractivity contribution in [3.05, 3.63) is 96.1 Å². The quantitative estimate of drug-likeness (QED) is 0.489. The number of ether oxygens (including phenoxy) is 1. The van der Waals surface area contributed by atoms with Crippen LogP contribution in [0.4, 0.5) is 0 Å². The molecule has 0 saturated heterocycles. The second-order valence-electron chi connectivity index (χ2n) is 7.35. The molecule has 3 aromatic carbocycles. The molecule has 0 bridgehead atoms. The molecule has 0 aliphatic carbocycles. The molecule has 7 nitrogen and oxygen atoms in total. The average Bonchev–Trinajstić information content (AvgIpc) is 3.11. The van der Waals surface area contributed by atoms with Gasteiger partial charge in [0.1, 0.15) is 0 Å². The van der Waals surface area contributed by atoms with Gasteiger partial charge in [-0.15, -0.1) is 0 Å². The summed E-state index contributed by atoms with van der Waals surface area (Å²) in [5, 5.41) is 0. The molecule has 1 unspecified atom stereocenters. The van der Waals surface area contributed by atoms with Gasteiger partial charge < -0.3 is 4.74 Å². The normalized spacial score (nSPS) is 18.4. The monoisotopic (exact) mass is 471 g/mol. The molecule has 0 saturated carbocycles. The largest absolute Gasteiger partial charge is 0.449 e. The van der Waals surface area contributed by atoms with Crippen LogP contribution in [-0.2, 0) is 30.4 Å². The first kappa shape index (κ1) is 22.2. The van der Waals surface area contributed by atoms with Gasteiger partial charge in [-0.3, -0.25) is 0 Å². The zero-order chi connectivity index (χ0) is 23.0. The van der Waals surface area contributed by atoms with E-state index in [9.17, 15) is 21.6 Å². The molecule has 0 fully saturated rings. The zero-order valence-corrected chi connectivity index (χ0v) is 18.8. The molecule has 9 heteroatoms. The molecule has 32 heavy (non-hydrogen) atoms. The highest BCUT2D eigenvalue weighted by Gasteiger charge is 2.50. The predicted octanol–water partition coefficient (Wildman–Crippen LogP) is 3.54. The molecule has 166 valence electrons. The van der Waals surface area contributed by atoms with Crippen LogP contribution in [0.25, 0.3) is 0 Å². The van der Waals surface area contributed by atoms with Crippen molar-refractivity contribution in [1.29, 1.82) is 0 Å².